The van der Waals surface area contributed by atoms with E-state index >= 15 is 0 Å². The minimum absolute atomic E-state index is 0.0180. The largest absolute Gasteiger partial charge is 0.507 e. The third-order valence-electron chi connectivity index (χ3n) is 7.71. The van der Waals surface area contributed by atoms with Crippen molar-refractivity contribution in [3.05, 3.63) is 74.6 Å². The minimum Gasteiger partial charge on any atom is -0.507 e. The number of carbonyl (C=O) groups is 3. The van der Waals surface area contributed by atoms with Gasteiger partial charge in [0.05, 0.1) is 11.1 Å². The molecule has 1 aliphatic heterocycles. The van der Waals surface area contributed by atoms with Crippen molar-refractivity contribution in [2.45, 2.75) is 59.3 Å². The summed E-state index contributed by atoms with van der Waals surface area (Å²) in [5.41, 5.74) is 0.0330. The van der Waals surface area contributed by atoms with Gasteiger partial charge in [-0.3, -0.25) is 14.4 Å². The van der Waals surface area contributed by atoms with Crippen LogP contribution in [0.4, 0.5) is 0 Å². The number of phenols is 2. The van der Waals surface area contributed by atoms with Gasteiger partial charge in [0.25, 0.3) is 0 Å². The summed E-state index contributed by atoms with van der Waals surface area (Å²) in [6.07, 6.45) is 1.99. The van der Waals surface area contributed by atoms with Crippen molar-refractivity contribution in [2.75, 3.05) is 6.54 Å². The highest BCUT2D eigenvalue weighted by Crippen LogP contribution is 2.57. The van der Waals surface area contributed by atoms with Crippen molar-refractivity contribution in [1.29, 1.82) is 0 Å². The number of benzene rings is 2. The lowest BCUT2D eigenvalue weighted by atomic mass is 9.70. The van der Waals surface area contributed by atoms with E-state index in [9.17, 15) is 24.6 Å². The molecular weight excluding hydrogens is 506 g/mol. The number of halogens is 1. The lowest BCUT2D eigenvalue weighted by molar-refractivity contribution is -0.123. The average molecular weight is 538 g/mol. The van der Waals surface area contributed by atoms with Gasteiger partial charge in [0.1, 0.15) is 34.0 Å². The van der Waals surface area contributed by atoms with Crippen molar-refractivity contribution in [3.63, 3.8) is 0 Å². The van der Waals surface area contributed by atoms with Crippen LogP contribution in [0.25, 0.3) is 0 Å². The number of nitrogens with one attached hydrogen (secondary N) is 1. The first-order valence-corrected chi connectivity index (χ1v) is 13.0. The third-order valence-corrected chi connectivity index (χ3v) is 7.96. The van der Waals surface area contributed by atoms with E-state index in [0.717, 1.165) is 12.0 Å². The smallest absolute Gasteiger partial charge is 0.194 e. The molecule has 3 N–H and O–H groups in total. The Balaban J connectivity index is 1.67. The molecule has 1 heterocycles. The van der Waals surface area contributed by atoms with E-state index in [2.05, 4.69) is 19.2 Å². The second-order valence-electron chi connectivity index (χ2n) is 10.5. The molecule has 200 valence electrons. The number of hydrogen-bond donors (Lipinski definition) is 3. The van der Waals surface area contributed by atoms with Crippen LogP contribution < -0.4 is 10.1 Å². The Morgan fingerprint density at radius 1 is 1.11 bits per heavy atom. The molecule has 0 saturated heterocycles. The number of Topliss-reactive ketones (excluding diaryl/α,β-unsaturated/α-hetero) is 2. The molecule has 0 bridgehead atoms. The summed E-state index contributed by atoms with van der Waals surface area (Å²) in [5, 5.41) is 25.4. The van der Waals surface area contributed by atoms with Gasteiger partial charge in [0.2, 0.25) is 0 Å². The van der Waals surface area contributed by atoms with Crippen LogP contribution >= 0.6 is 11.6 Å². The molecule has 7 nitrogen and oxygen atoms in total. The average Bonchev–Trinajstić information content (AvgIpc) is 3.13. The zero-order chi connectivity index (χ0) is 28.1. The molecule has 0 spiro atoms. The van der Waals surface area contributed by atoms with E-state index in [1.165, 1.54) is 19.9 Å². The zero-order valence-corrected chi connectivity index (χ0v) is 23.1. The SMILES string of the molecule is CC(=O)c1c(O)c(C)c(O)c2c1OC1=CC(=O)/C(=C(/C)NCC[C@@H](c3ccc(Cl)cc3)C(C)C)C(=O)[C@@]12C. The number of ether oxygens (including phenoxy) is 1. The first-order valence-electron chi connectivity index (χ1n) is 12.6. The van der Waals surface area contributed by atoms with E-state index in [1.807, 2.05) is 24.3 Å². The first-order chi connectivity index (χ1) is 17.8. The molecule has 4 rings (SSSR count). The van der Waals surface area contributed by atoms with Gasteiger partial charge in [0, 0.05) is 28.9 Å². The highest BCUT2D eigenvalue weighted by atomic mass is 35.5. The number of ketones is 3. The molecule has 0 saturated carbocycles. The highest BCUT2D eigenvalue weighted by Gasteiger charge is 2.56. The highest BCUT2D eigenvalue weighted by molar-refractivity contribution is 6.31. The number of phenolic OH excluding ortho intramolecular Hbond substituents is 2. The van der Waals surface area contributed by atoms with Crippen molar-refractivity contribution in [3.8, 4) is 17.2 Å². The van der Waals surface area contributed by atoms with E-state index in [4.69, 9.17) is 16.3 Å². The van der Waals surface area contributed by atoms with Gasteiger partial charge in [-0.05, 0) is 63.6 Å². The summed E-state index contributed by atoms with van der Waals surface area (Å²) >= 11 is 6.05. The van der Waals surface area contributed by atoms with Gasteiger partial charge in [-0.2, -0.15) is 0 Å². The molecule has 0 amide bonds. The van der Waals surface area contributed by atoms with Crippen LogP contribution in [0.2, 0.25) is 5.02 Å². The third kappa shape index (κ3) is 4.29. The van der Waals surface area contributed by atoms with Crippen molar-refractivity contribution < 1.29 is 29.3 Å². The number of allylic oxidation sites excluding steroid dienone is 4. The van der Waals surface area contributed by atoms with E-state index in [1.54, 1.807) is 13.8 Å². The van der Waals surface area contributed by atoms with Gasteiger partial charge < -0.3 is 20.3 Å². The monoisotopic (exact) mass is 537 g/mol. The lowest BCUT2D eigenvalue weighted by Gasteiger charge is -2.29. The lowest BCUT2D eigenvalue weighted by Crippen LogP contribution is -2.41. The van der Waals surface area contributed by atoms with Crippen LogP contribution in [0.5, 0.6) is 17.2 Å². The van der Waals surface area contributed by atoms with Crippen LogP contribution in [-0.2, 0) is 15.0 Å². The van der Waals surface area contributed by atoms with Crippen LogP contribution in [-0.4, -0.2) is 34.1 Å². The Hall–Kier alpha value is -3.58. The van der Waals surface area contributed by atoms with Crippen LogP contribution in [0, 0.1) is 12.8 Å². The Labute approximate surface area is 227 Å². The maximum absolute atomic E-state index is 13.9. The summed E-state index contributed by atoms with van der Waals surface area (Å²) in [4.78, 5) is 39.4. The number of hydrogen-bond acceptors (Lipinski definition) is 7. The molecule has 0 radical (unpaired) electrons. The molecule has 1 aliphatic carbocycles. The summed E-state index contributed by atoms with van der Waals surface area (Å²) in [6.45, 7) is 10.8. The maximum atomic E-state index is 13.9. The zero-order valence-electron chi connectivity index (χ0n) is 22.4. The topological polar surface area (TPSA) is 113 Å². The summed E-state index contributed by atoms with van der Waals surface area (Å²) in [7, 11) is 0. The van der Waals surface area contributed by atoms with Crippen LogP contribution in [0.3, 0.4) is 0 Å². The predicted octanol–water partition coefficient (Wildman–Crippen LogP) is 5.64. The summed E-state index contributed by atoms with van der Waals surface area (Å²) in [6, 6.07) is 7.76. The van der Waals surface area contributed by atoms with Crippen molar-refractivity contribution >= 4 is 29.0 Å². The fourth-order valence-corrected chi connectivity index (χ4v) is 5.59. The van der Waals surface area contributed by atoms with Gasteiger partial charge >= 0.3 is 0 Å². The molecule has 0 aromatic heterocycles. The van der Waals surface area contributed by atoms with E-state index in [0.29, 0.717) is 23.2 Å². The van der Waals surface area contributed by atoms with Crippen LogP contribution in [0.15, 0.2) is 47.4 Å². The second-order valence-corrected chi connectivity index (χ2v) is 10.9. The van der Waals surface area contributed by atoms with Crippen molar-refractivity contribution in [1.82, 2.24) is 5.32 Å². The number of carbonyl (C=O) groups excluding carboxylic acids is 3. The van der Waals surface area contributed by atoms with E-state index in [-0.39, 0.29) is 45.4 Å². The number of aromatic hydroxyl groups is 2. The molecule has 2 aromatic rings. The molecule has 2 atom stereocenters. The first kappa shape index (κ1) is 27.5. The Morgan fingerprint density at radius 3 is 2.32 bits per heavy atom. The van der Waals surface area contributed by atoms with Gasteiger partial charge in [-0.1, -0.05) is 37.6 Å². The number of fused-ring (bicyclic) bond motifs is 3. The molecule has 8 heteroatoms. The summed E-state index contributed by atoms with van der Waals surface area (Å²) in [5.74, 6) is -1.79. The maximum Gasteiger partial charge on any atom is 0.194 e. The van der Waals surface area contributed by atoms with E-state index < -0.39 is 28.5 Å². The van der Waals surface area contributed by atoms with Crippen LogP contribution in [0.1, 0.15) is 74.0 Å². The summed E-state index contributed by atoms with van der Waals surface area (Å²) < 4.78 is 5.81. The quantitative estimate of drug-likeness (QED) is 0.238. The van der Waals surface area contributed by atoms with Crippen molar-refractivity contribution in [2.24, 2.45) is 5.92 Å². The Kier molecular flexibility index (Phi) is 7.19. The minimum atomic E-state index is -1.53. The second kappa shape index (κ2) is 9.95. The molecule has 2 aliphatic rings. The normalized spacial score (nSPS) is 20.5. The van der Waals surface area contributed by atoms with Gasteiger partial charge in [-0.25, -0.2) is 0 Å². The molecule has 0 unspecified atom stereocenters. The number of rotatable bonds is 7. The molecule has 0 fully saturated rings. The molecular formula is C30H32ClNO6. The van der Waals surface area contributed by atoms with Gasteiger partial charge in [0.15, 0.2) is 17.3 Å². The standard InChI is InChI=1S/C30H32ClNO6/c1-14(2)20(18-7-9-19(31)10-8-18)11-12-32-16(4)23-21(34)13-22-30(6,29(23)37)25-27(36)15(3)26(35)24(17(5)33)28(25)38-22/h7-10,13-14,20,32,35-36H,11-12H2,1-6H3/b23-16+/t20-,30+/m1/s1. The molecule has 2 aromatic carbocycles. The fourth-order valence-electron chi connectivity index (χ4n) is 5.46. The predicted molar refractivity (Wildman–Crippen MR) is 145 cm³/mol. The van der Waals surface area contributed by atoms with Gasteiger partial charge in [-0.15, -0.1) is 0 Å². The fraction of sp³-hybridized carbons (Fsp3) is 0.367. The Bertz CT molecular complexity index is 1420. The Morgan fingerprint density at radius 2 is 1.74 bits per heavy atom. The molecule has 38 heavy (non-hydrogen) atoms.